The molecule has 3 aliphatic heterocycles. The molecule has 2 fully saturated rings. The Labute approximate surface area is 210 Å². The van der Waals surface area contributed by atoms with Crippen molar-refractivity contribution in [2.75, 3.05) is 31.6 Å². The minimum absolute atomic E-state index is 0.0472. The van der Waals surface area contributed by atoms with E-state index < -0.39 is 0 Å². The summed E-state index contributed by atoms with van der Waals surface area (Å²) in [5, 5.41) is 3.55. The number of aromatic nitrogens is 3. The first-order chi connectivity index (χ1) is 17.6. The number of carbonyl (C=O) groups is 1. The third-order valence-corrected chi connectivity index (χ3v) is 7.38. The van der Waals surface area contributed by atoms with E-state index >= 15 is 0 Å². The second-order valence-corrected chi connectivity index (χ2v) is 9.67. The SMILES string of the molecule is C=CC(=O)N1CC(c2ncc(-c3cc(C)c4c(c3)Nc3nccc(C5CCOCC5)c3CO4)cn2)C1. The summed E-state index contributed by atoms with van der Waals surface area (Å²) in [5.74, 6) is 3.04. The highest BCUT2D eigenvalue weighted by atomic mass is 16.5. The Balaban J connectivity index is 1.25. The largest absolute Gasteiger partial charge is 0.486 e. The van der Waals surface area contributed by atoms with Crippen LogP contribution in [0.15, 0.2) is 49.4 Å². The number of amides is 1. The molecule has 0 saturated carbocycles. The maximum absolute atomic E-state index is 11.7. The van der Waals surface area contributed by atoms with Crippen molar-refractivity contribution in [3.8, 4) is 16.9 Å². The number of nitrogens with zero attached hydrogens (tertiary/aromatic N) is 4. The number of ether oxygens (including phenoxy) is 2. The van der Waals surface area contributed by atoms with Crippen LogP contribution < -0.4 is 10.1 Å². The maximum atomic E-state index is 11.7. The number of benzene rings is 1. The lowest BCUT2D eigenvalue weighted by Crippen LogP contribution is -2.48. The average Bonchev–Trinajstić information content (AvgIpc) is 3.08. The second kappa shape index (κ2) is 9.35. The second-order valence-electron chi connectivity index (χ2n) is 9.67. The first-order valence-electron chi connectivity index (χ1n) is 12.4. The van der Waals surface area contributed by atoms with Crippen molar-refractivity contribution in [2.24, 2.45) is 0 Å². The van der Waals surface area contributed by atoms with Crippen molar-refractivity contribution in [1.29, 1.82) is 0 Å². The van der Waals surface area contributed by atoms with Gasteiger partial charge < -0.3 is 19.7 Å². The number of pyridine rings is 1. The highest BCUT2D eigenvalue weighted by Crippen LogP contribution is 2.41. The molecule has 3 aromatic rings. The molecule has 6 rings (SSSR count). The zero-order chi connectivity index (χ0) is 24.6. The van der Waals surface area contributed by atoms with E-state index in [2.05, 4.69) is 52.0 Å². The Hall–Kier alpha value is -3.78. The zero-order valence-corrected chi connectivity index (χ0v) is 20.4. The Kier molecular flexibility index (Phi) is 5.89. The standard InChI is InChI=1S/C28H29N5O3/c1-3-25(34)33-14-21(15-33)27-30-12-20(13-31-27)19-10-17(2)26-24(11-19)32-28-23(16-36-26)22(4-7-29-28)18-5-8-35-9-6-18/h3-4,7,10-13,18,21H,1,5-6,8-9,14-16H2,2H3,(H,29,32). The van der Waals surface area contributed by atoms with Gasteiger partial charge in [-0.2, -0.15) is 0 Å². The van der Waals surface area contributed by atoms with E-state index in [0.29, 0.717) is 25.6 Å². The minimum atomic E-state index is -0.0472. The van der Waals surface area contributed by atoms with E-state index in [1.54, 1.807) is 4.90 Å². The molecule has 8 heteroatoms. The van der Waals surface area contributed by atoms with E-state index in [1.165, 1.54) is 11.6 Å². The average molecular weight is 484 g/mol. The number of anilines is 2. The highest BCUT2D eigenvalue weighted by Gasteiger charge is 2.32. The van der Waals surface area contributed by atoms with Crippen LogP contribution in [-0.4, -0.2) is 52.1 Å². The molecular formula is C28H29N5O3. The van der Waals surface area contributed by atoms with Gasteiger partial charge in [0.25, 0.3) is 0 Å². The lowest BCUT2D eigenvalue weighted by atomic mass is 9.89. The van der Waals surface area contributed by atoms with Crippen LogP contribution in [-0.2, 0) is 16.1 Å². The zero-order valence-electron chi connectivity index (χ0n) is 20.4. The van der Waals surface area contributed by atoms with Crippen molar-refractivity contribution in [2.45, 2.75) is 38.2 Å². The van der Waals surface area contributed by atoms with Gasteiger partial charge in [-0.15, -0.1) is 0 Å². The van der Waals surface area contributed by atoms with E-state index in [0.717, 1.165) is 71.4 Å². The molecule has 3 aliphatic rings. The predicted octanol–water partition coefficient (Wildman–Crippen LogP) is 4.49. The fourth-order valence-electron chi connectivity index (χ4n) is 5.30. The molecule has 0 aliphatic carbocycles. The summed E-state index contributed by atoms with van der Waals surface area (Å²) >= 11 is 0. The molecule has 5 heterocycles. The summed E-state index contributed by atoms with van der Waals surface area (Å²) in [5.41, 5.74) is 6.29. The molecule has 1 aromatic carbocycles. The van der Waals surface area contributed by atoms with Crippen LogP contribution in [0.4, 0.5) is 11.5 Å². The molecule has 1 amide bonds. The van der Waals surface area contributed by atoms with E-state index in [1.807, 2.05) is 18.6 Å². The van der Waals surface area contributed by atoms with Gasteiger partial charge in [0.15, 0.2) is 0 Å². The Morgan fingerprint density at radius 3 is 2.64 bits per heavy atom. The molecular weight excluding hydrogens is 454 g/mol. The molecule has 2 aromatic heterocycles. The molecule has 2 saturated heterocycles. The molecule has 0 bridgehead atoms. The lowest BCUT2D eigenvalue weighted by Gasteiger charge is -2.37. The fraction of sp³-hybridized carbons (Fsp3) is 0.357. The van der Waals surface area contributed by atoms with Gasteiger partial charge in [-0.05, 0) is 66.6 Å². The highest BCUT2D eigenvalue weighted by molar-refractivity contribution is 5.87. The molecule has 0 unspecified atom stereocenters. The van der Waals surface area contributed by atoms with Crippen LogP contribution in [0.3, 0.4) is 0 Å². The summed E-state index contributed by atoms with van der Waals surface area (Å²) in [4.78, 5) is 27.3. The number of rotatable bonds is 4. The van der Waals surface area contributed by atoms with Crippen molar-refractivity contribution in [3.63, 3.8) is 0 Å². The topological polar surface area (TPSA) is 89.5 Å². The fourth-order valence-corrected chi connectivity index (χ4v) is 5.30. The summed E-state index contributed by atoms with van der Waals surface area (Å²) in [6.07, 6.45) is 8.98. The number of fused-ring (bicyclic) bond motifs is 2. The number of hydrogen-bond acceptors (Lipinski definition) is 7. The van der Waals surface area contributed by atoms with Crippen molar-refractivity contribution < 1.29 is 14.3 Å². The van der Waals surface area contributed by atoms with Crippen molar-refractivity contribution in [3.05, 3.63) is 72.0 Å². The molecule has 8 nitrogen and oxygen atoms in total. The van der Waals surface area contributed by atoms with Crippen molar-refractivity contribution in [1.82, 2.24) is 19.9 Å². The Morgan fingerprint density at radius 1 is 1.11 bits per heavy atom. The van der Waals surface area contributed by atoms with Crippen molar-refractivity contribution >= 4 is 17.4 Å². The quantitative estimate of drug-likeness (QED) is 0.547. The molecule has 1 N–H and O–H groups in total. The van der Waals surface area contributed by atoms with Gasteiger partial charge in [0, 0.05) is 56.0 Å². The van der Waals surface area contributed by atoms with Crippen LogP contribution in [0.5, 0.6) is 5.75 Å². The van der Waals surface area contributed by atoms with E-state index in [-0.39, 0.29) is 11.8 Å². The van der Waals surface area contributed by atoms with Crippen LogP contribution in [0.2, 0.25) is 0 Å². The predicted molar refractivity (Wildman–Crippen MR) is 136 cm³/mol. The lowest BCUT2D eigenvalue weighted by molar-refractivity contribution is -0.130. The number of nitrogens with one attached hydrogen (secondary N) is 1. The van der Waals surface area contributed by atoms with Gasteiger partial charge in [0.1, 0.15) is 24.0 Å². The van der Waals surface area contributed by atoms with Crippen LogP contribution >= 0.6 is 0 Å². The van der Waals surface area contributed by atoms with Crippen LogP contribution in [0, 0.1) is 6.92 Å². The summed E-state index contributed by atoms with van der Waals surface area (Å²) in [6.45, 7) is 8.94. The van der Waals surface area contributed by atoms with Gasteiger partial charge in [-0.25, -0.2) is 15.0 Å². The molecule has 36 heavy (non-hydrogen) atoms. The Morgan fingerprint density at radius 2 is 1.89 bits per heavy atom. The van der Waals surface area contributed by atoms with Crippen LogP contribution in [0.1, 0.15) is 47.2 Å². The third-order valence-electron chi connectivity index (χ3n) is 7.38. The molecule has 0 spiro atoms. The Bertz CT molecular complexity index is 1310. The maximum Gasteiger partial charge on any atom is 0.246 e. The molecule has 0 atom stereocenters. The van der Waals surface area contributed by atoms with Gasteiger partial charge in [-0.1, -0.05) is 6.58 Å². The number of carbonyl (C=O) groups excluding carboxylic acids is 1. The number of aryl methyl sites for hydroxylation is 1. The monoisotopic (exact) mass is 483 g/mol. The van der Waals surface area contributed by atoms with E-state index in [4.69, 9.17) is 9.47 Å². The van der Waals surface area contributed by atoms with Gasteiger partial charge >= 0.3 is 0 Å². The van der Waals surface area contributed by atoms with Crippen LogP contribution in [0.25, 0.3) is 11.1 Å². The minimum Gasteiger partial charge on any atom is -0.486 e. The number of hydrogen-bond donors (Lipinski definition) is 1. The molecule has 0 radical (unpaired) electrons. The summed E-state index contributed by atoms with van der Waals surface area (Å²) in [6, 6.07) is 6.31. The smallest absolute Gasteiger partial charge is 0.246 e. The van der Waals surface area contributed by atoms with E-state index in [9.17, 15) is 4.79 Å². The third kappa shape index (κ3) is 4.11. The summed E-state index contributed by atoms with van der Waals surface area (Å²) in [7, 11) is 0. The number of likely N-dealkylation sites (tertiary alicyclic amines) is 1. The molecule has 184 valence electrons. The first-order valence-corrected chi connectivity index (χ1v) is 12.4. The van der Waals surface area contributed by atoms with Gasteiger partial charge in [-0.3, -0.25) is 4.79 Å². The summed E-state index contributed by atoms with van der Waals surface area (Å²) < 4.78 is 11.9. The van der Waals surface area contributed by atoms with Gasteiger partial charge in [0.05, 0.1) is 11.6 Å². The van der Waals surface area contributed by atoms with Gasteiger partial charge in [0.2, 0.25) is 5.91 Å². The first kappa shape index (κ1) is 22.7. The normalized spacial score (nSPS) is 17.6.